The van der Waals surface area contributed by atoms with E-state index < -0.39 is 0 Å². The van der Waals surface area contributed by atoms with Gasteiger partial charge >= 0.3 is 0 Å². The van der Waals surface area contributed by atoms with E-state index in [-0.39, 0.29) is 0 Å². The summed E-state index contributed by atoms with van der Waals surface area (Å²) in [5.41, 5.74) is 2.30. The van der Waals surface area contributed by atoms with Crippen LogP contribution in [0.15, 0.2) is 36.4 Å². The minimum atomic E-state index is 0.364. The Labute approximate surface area is 105 Å². The topological polar surface area (TPSA) is 21.3 Å². The van der Waals surface area contributed by atoms with Crippen LogP contribution in [0, 0.1) is 0 Å². The fourth-order valence-corrected chi connectivity index (χ4v) is 1.56. The van der Waals surface area contributed by atoms with Gasteiger partial charge < -0.3 is 10.1 Å². The van der Waals surface area contributed by atoms with Gasteiger partial charge in [0.2, 0.25) is 0 Å². The molecular weight excluding hydrogens is 210 g/mol. The van der Waals surface area contributed by atoms with Crippen LogP contribution in [-0.4, -0.2) is 13.2 Å². The van der Waals surface area contributed by atoms with Gasteiger partial charge in [-0.15, -0.1) is 0 Å². The molecule has 0 aliphatic carbocycles. The highest BCUT2D eigenvalue weighted by atomic mass is 16.5. The molecule has 0 saturated heterocycles. The van der Waals surface area contributed by atoms with E-state index >= 15 is 0 Å². The van der Waals surface area contributed by atoms with E-state index in [1.807, 2.05) is 19.1 Å². The van der Waals surface area contributed by atoms with Crippen LogP contribution in [0.2, 0.25) is 0 Å². The van der Waals surface area contributed by atoms with Crippen molar-refractivity contribution >= 4 is 0 Å². The Morgan fingerprint density at radius 1 is 1.47 bits per heavy atom. The van der Waals surface area contributed by atoms with Crippen LogP contribution in [0.5, 0.6) is 5.75 Å². The first-order valence-electron chi connectivity index (χ1n) is 6.24. The average molecular weight is 233 g/mol. The molecule has 0 aromatic heterocycles. The number of hydrogen-bond acceptors (Lipinski definition) is 2. The lowest BCUT2D eigenvalue weighted by Gasteiger charge is -2.15. The van der Waals surface area contributed by atoms with Crippen LogP contribution in [0.1, 0.15) is 38.8 Å². The van der Waals surface area contributed by atoms with Gasteiger partial charge in [-0.25, -0.2) is 0 Å². The molecule has 0 saturated carbocycles. The summed E-state index contributed by atoms with van der Waals surface area (Å²) in [5, 5.41) is 3.47. The van der Waals surface area contributed by atoms with Crippen LogP contribution in [-0.2, 0) is 0 Å². The van der Waals surface area contributed by atoms with Crippen LogP contribution in [0.25, 0.3) is 0 Å². The number of benzene rings is 1. The second-order valence-corrected chi connectivity index (χ2v) is 4.49. The number of nitrogens with one attached hydrogen (secondary N) is 1. The Kier molecular flexibility index (Phi) is 5.78. The summed E-state index contributed by atoms with van der Waals surface area (Å²) in [6.45, 7) is 11.8. The molecule has 1 unspecified atom stereocenters. The zero-order valence-corrected chi connectivity index (χ0v) is 11.1. The molecule has 1 aromatic rings. The van der Waals surface area contributed by atoms with Gasteiger partial charge in [0.15, 0.2) is 0 Å². The fraction of sp³-hybridized carbons (Fsp3) is 0.467. The summed E-state index contributed by atoms with van der Waals surface area (Å²) >= 11 is 0. The third kappa shape index (κ3) is 5.05. The fourth-order valence-electron chi connectivity index (χ4n) is 1.56. The SMILES string of the molecule is C=C(C)COc1cccc(C(C)NCCC)c1. The van der Waals surface area contributed by atoms with Crippen molar-refractivity contribution in [1.82, 2.24) is 5.32 Å². The Balaban J connectivity index is 2.61. The Bertz CT molecular complexity index is 360. The van der Waals surface area contributed by atoms with Crippen molar-refractivity contribution < 1.29 is 4.74 Å². The molecular formula is C15H23NO. The summed E-state index contributed by atoms with van der Waals surface area (Å²) in [6.07, 6.45) is 1.15. The van der Waals surface area contributed by atoms with E-state index in [4.69, 9.17) is 4.74 Å². The van der Waals surface area contributed by atoms with E-state index in [0.717, 1.165) is 24.3 Å². The molecule has 94 valence electrons. The lowest BCUT2D eigenvalue weighted by molar-refractivity contribution is 0.352. The van der Waals surface area contributed by atoms with Gasteiger partial charge in [0, 0.05) is 6.04 Å². The summed E-state index contributed by atoms with van der Waals surface area (Å²) in [5.74, 6) is 0.913. The summed E-state index contributed by atoms with van der Waals surface area (Å²) in [4.78, 5) is 0. The van der Waals surface area contributed by atoms with Gasteiger partial charge in [0.05, 0.1) is 0 Å². The van der Waals surface area contributed by atoms with E-state index in [1.54, 1.807) is 0 Å². The van der Waals surface area contributed by atoms with E-state index in [2.05, 4.69) is 37.9 Å². The molecule has 2 nitrogen and oxygen atoms in total. The zero-order valence-electron chi connectivity index (χ0n) is 11.1. The lowest BCUT2D eigenvalue weighted by Crippen LogP contribution is -2.19. The lowest BCUT2D eigenvalue weighted by atomic mass is 10.1. The third-order valence-electron chi connectivity index (χ3n) is 2.54. The molecule has 0 aliphatic heterocycles. The highest BCUT2D eigenvalue weighted by Crippen LogP contribution is 2.19. The molecule has 0 aliphatic rings. The van der Waals surface area contributed by atoms with E-state index in [9.17, 15) is 0 Å². The maximum absolute atomic E-state index is 5.64. The Morgan fingerprint density at radius 3 is 2.88 bits per heavy atom. The van der Waals surface area contributed by atoms with Gasteiger partial charge in [0.1, 0.15) is 12.4 Å². The van der Waals surface area contributed by atoms with Gasteiger partial charge in [0.25, 0.3) is 0 Å². The third-order valence-corrected chi connectivity index (χ3v) is 2.54. The minimum absolute atomic E-state index is 0.364. The summed E-state index contributed by atoms with van der Waals surface area (Å²) < 4.78 is 5.64. The average Bonchev–Trinajstić information content (AvgIpc) is 2.33. The monoisotopic (exact) mass is 233 g/mol. The molecule has 1 N–H and O–H groups in total. The van der Waals surface area contributed by atoms with Crippen LogP contribution >= 0.6 is 0 Å². The number of hydrogen-bond donors (Lipinski definition) is 1. The molecule has 1 atom stereocenters. The molecule has 2 heteroatoms. The summed E-state index contributed by atoms with van der Waals surface area (Å²) in [6, 6.07) is 8.60. The van der Waals surface area contributed by atoms with Crippen molar-refractivity contribution in [1.29, 1.82) is 0 Å². The molecule has 17 heavy (non-hydrogen) atoms. The number of ether oxygens (including phenoxy) is 1. The second-order valence-electron chi connectivity index (χ2n) is 4.49. The maximum Gasteiger partial charge on any atom is 0.120 e. The van der Waals surface area contributed by atoms with Crippen molar-refractivity contribution in [2.75, 3.05) is 13.2 Å². The first-order valence-corrected chi connectivity index (χ1v) is 6.24. The van der Waals surface area contributed by atoms with Crippen molar-refractivity contribution in [3.63, 3.8) is 0 Å². The number of rotatable bonds is 7. The first kappa shape index (κ1) is 13.8. The van der Waals surface area contributed by atoms with Crippen molar-refractivity contribution in [2.45, 2.75) is 33.2 Å². The van der Waals surface area contributed by atoms with Crippen molar-refractivity contribution in [3.05, 3.63) is 42.0 Å². The standard InChI is InChI=1S/C15H23NO/c1-5-9-16-13(4)14-7-6-8-15(10-14)17-11-12(2)3/h6-8,10,13,16H,2,5,9,11H2,1,3-4H3. The zero-order chi connectivity index (χ0) is 12.7. The quantitative estimate of drug-likeness (QED) is 0.725. The molecule has 1 rings (SSSR count). The Hall–Kier alpha value is -1.28. The van der Waals surface area contributed by atoms with E-state index in [1.165, 1.54) is 5.56 Å². The van der Waals surface area contributed by atoms with Crippen LogP contribution < -0.4 is 10.1 Å². The van der Waals surface area contributed by atoms with Crippen molar-refractivity contribution in [3.8, 4) is 5.75 Å². The highest BCUT2D eigenvalue weighted by Gasteiger charge is 2.05. The highest BCUT2D eigenvalue weighted by molar-refractivity contribution is 5.30. The smallest absolute Gasteiger partial charge is 0.120 e. The normalized spacial score (nSPS) is 12.2. The van der Waals surface area contributed by atoms with Crippen LogP contribution in [0.4, 0.5) is 0 Å². The predicted molar refractivity (Wildman–Crippen MR) is 73.5 cm³/mol. The molecule has 1 aromatic carbocycles. The van der Waals surface area contributed by atoms with Crippen LogP contribution in [0.3, 0.4) is 0 Å². The van der Waals surface area contributed by atoms with Gasteiger partial charge in [-0.3, -0.25) is 0 Å². The van der Waals surface area contributed by atoms with Gasteiger partial charge in [-0.1, -0.05) is 25.6 Å². The Morgan fingerprint density at radius 2 is 2.24 bits per heavy atom. The summed E-state index contributed by atoms with van der Waals surface area (Å²) in [7, 11) is 0. The molecule has 0 bridgehead atoms. The van der Waals surface area contributed by atoms with Gasteiger partial charge in [-0.2, -0.15) is 0 Å². The predicted octanol–water partition coefficient (Wildman–Crippen LogP) is 3.70. The maximum atomic E-state index is 5.64. The molecule has 0 fully saturated rings. The molecule has 0 heterocycles. The molecule has 0 spiro atoms. The van der Waals surface area contributed by atoms with Crippen molar-refractivity contribution in [2.24, 2.45) is 0 Å². The first-order chi connectivity index (χ1) is 8.13. The molecule has 0 radical (unpaired) electrons. The largest absolute Gasteiger partial charge is 0.489 e. The minimum Gasteiger partial charge on any atom is -0.489 e. The molecule has 0 amide bonds. The van der Waals surface area contributed by atoms with E-state index in [0.29, 0.717) is 12.6 Å². The van der Waals surface area contributed by atoms with Gasteiger partial charge in [-0.05, 0) is 50.1 Å². The second kappa shape index (κ2) is 7.13.